The van der Waals surface area contributed by atoms with E-state index in [-0.39, 0.29) is 0 Å². The summed E-state index contributed by atoms with van der Waals surface area (Å²) < 4.78 is 1.95. The first-order valence-electron chi connectivity index (χ1n) is 7.63. The fraction of sp³-hybridized carbons (Fsp3) is 0.529. The highest BCUT2D eigenvalue weighted by Crippen LogP contribution is 2.11. The number of rotatable bonds is 7. The van der Waals surface area contributed by atoms with Gasteiger partial charge in [-0.1, -0.05) is 60.7 Å². The van der Waals surface area contributed by atoms with E-state index in [9.17, 15) is 0 Å². The summed E-state index contributed by atoms with van der Waals surface area (Å²) in [5.74, 6) is 0. The third-order valence-electron chi connectivity index (χ3n) is 3.50. The average molecular weight is 271 g/mol. The Labute approximate surface area is 122 Å². The van der Waals surface area contributed by atoms with E-state index < -0.39 is 0 Å². The monoisotopic (exact) mass is 271 g/mol. The van der Waals surface area contributed by atoms with Crippen molar-refractivity contribution in [3.63, 3.8) is 0 Å². The molecule has 108 valence electrons. The van der Waals surface area contributed by atoms with Crippen LogP contribution in [0.5, 0.6) is 0 Å². The maximum absolute atomic E-state index is 4.27. The maximum Gasteiger partial charge on any atom is 0.0827 e. The standard InChI is InChI=1S/C17H25N3/c1-4-5-6-7-8-17-13-20(19-18-17)12-16-10-14(2)9-15(3)11-16/h9-11,13H,4-8,12H2,1-3H3. The normalized spacial score (nSPS) is 10.9. The molecule has 0 saturated heterocycles. The van der Waals surface area contributed by atoms with Crippen LogP contribution in [0.1, 0.15) is 55.0 Å². The van der Waals surface area contributed by atoms with Crippen molar-refractivity contribution >= 4 is 0 Å². The SMILES string of the molecule is CCCCCCc1cn(Cc2cc(C)cc(C)c2)nn1. The first kappa shape index (κ1) is 14.8. The molecule has 0 N–H and O–H groups in total. The van der Waals surface area contributed by atoms with E-state index >= 15 is 0 Å². The van der Waals surface area contributed by atoms with Crippen molar-refractivity contribution in [2.75, 3.05) is 0 Å². The van der Waals surface area contributed by atoms with Crippen LogP contribution in [-0.2, 0) is 13.0 Å². The van der Waals surface area contributed by atoms with E-state index in [1.165, 1.54) is 42.4 Å². The number of hydrogen-bond donors (Lipinski definition) is 0. The summed E-state index contributed by atoms with van der Waals surface area (Å²) in [6.45, 7) is 7.32. The molecule has 0 fully saturated rings. The van der Waals surface area contributed by atoms with Gasteiger partial charge in [0.2, 0.25) is 0 Å². The van der Waals surface area contributed by atoms with E-state index in [4.69, 9.17) is 0 Å². The van der Waals surface area contributed by atoms with Gasteiger partial charge in [0, 0.05) is 6.20 Å². The third kappa shape index (κ3) is 4.48. The first-order chi connectivity index (χ1) is 9.67. The van der Waals surface area contributed by atoms with Gasteiger partial charge >= 0.3 is 0 Å². The van der Waals surface area contributed by atoms with Crippen molar-refractivity contribution in [3.05, 3.63) is 46.8 Å². The van der Waals surface area contributed by atoms with Gasteiger partial charge in [-0.15, -0.1) is 5.10 Å². The summed E-state index contributed by atoms with van der Waals surface area (Å²) in [6.07, 6.45) is 8.24. The second-order valence-corrected chi connectivity index (χ2v) is 5.71. The molecule has 3 nitrogen and oxygen atoms in total. The Bertz CT molecular complexity index is 523. The first-order valence-corrected chi connectivity index (χ1v) is 7.63. The topological polar surface area (TPSA) is 30.7 Å². The van der Waals surface area contributed by atoms with Crippen LogP contribution in [0.2, 0.25) is 0 Å². The van der Waals surface area contributed by atoms with Gasteiger partial charge in [-0.3, -0.25) is 0 Å². The minimum absolute atomic E-state index is 0.810. The van der Waals surface area contributed by atoms with Crippen molar-refractivity contribution in [1.82, 2.24) is 15.0 Å². The molecule has 1 heterocycles. The minimum atomic E-state index is 0.810. The van der Waals surface area contributed by atoms with Gasteiger partial charge in [0.1, 0.15) is 0 Å². The van der Waals surface area contributed by atoms with Crippen LogP contribution >= 0.6 is 0 Å². The van der Waals surface area contributed by atoms with Crippen molar-refractivity contribution in [2.24, 2.45) is 0 Å². The Hall–Kier alpha value is -1.64. The van der Waals surface area contributed by atoms with Crippen LogP contribution in [0.25, 0.3) is 0 Å². The molecule has 1 aromatic heterocycles. The zero-order valence-electron chi connectivity index (χ0n) is 12.9. The van der Waals surface area contributed by atoms with Gasteiger partial charge < -0.3 is 0 Å². The van der Waals surface area contributed by atoms with E-state index in [2.05, 4.69) is 55.5 Å². The lowest BCUT2D eigenvalue weighted by molar-refractivity contribution is 0.645. The molecule has 0 bridgehead atoms. The zero-order valence-corrected chi connectivity index (χ0v) is 12.9. The van der Waals surface area contributed by atoms with E-state index in [0.717, 1.165) is 18.7 Å². The predicted molar refractivity (Wildman–Crippen MR) is 82.9 cm³/mol. The zero-order chi connectivity index (χ0) is 14.4. The number of aromatic nitrogens is 3. The third-order valence-corrected chi connectivity index (χ3v) is 3.50. The van der Waals surface area contributed by atoms with Gasteiger partial charge in [0.05, 0.1) is 12.2 Å². The molecule has 0 aliphatic carbocycles. The molecule has 0 aliphatic rings. The number of unbranched alkanes of at least 4 members (excludes halogenated alkanes) is 3. The van der Waals surface area contributed by atoms with Crippen LogP contribution < -0.4 is 0 Å². The highest BCUT2D eigenvalue weighted by Gasteiger charge is 2.03. The molecule has 0 amide bonds. The highest BCUT2D eigenvalue weighted by atomic mass is 15.4. The van der Waals surface area contributed by atoms with Gasteiger partial charge in [-0.2, -0.15) is 0 Å². The molecule has 0 aliphatic heterocycles. The lowest BCUT2D eigenvalue weighted by Gasteiger charge is -2.04. The number of hydrogen-bond acceptors (Lipinski definition) is 2. The second kappa shape index (κ2) is 7.22. The summed E-state index contributed by atoms with van der Waals surface area (Å²) in [6, 6.07) is 6.63. The van der Waals surface area contributed by atoms with Gasteiger partial charge in [-0.05, 0) is 32.3 Å². The van der Waals surface area contributed by atoms with Gasteiger partial charge in [-0.25, -0.2) is 4.68 Å². The van der Waals surface area contributed by atoms with E-state index in [1.54, 1.807) is 0 Å². The summed E-state index contributed by atoms with van der Waals surface area (Å²) in [5.41, 5.74) is 5.02. The summed E-state index contributed by atoms with van der Waals surface area (Å²) in [4.78, 5) is 0. The van der Waals surface area contributed by atoms with Crippen molar-refractivity contribution < 1.29 is 0 Å². The Kier molecular flexibility index (Phi) is 5.33. The fourth-order valence-electron chi connectivity index (χ4n) is 2.61. The van der Waals surface area contributed by atoms with Crippen LogP contribution in [0.15, 0.2) is 24.4 Å². The molecular weight excluding hydrogens is 246 g/mol. The number of benzene rings is 1. The van der Waals surface area contributed by atoms with E-state index in [0.29, 0.717) is 0 Å². The molecule has 2 rings (SSSR count). The fourth-order valence-corrected chi connectivity index (χ4v) is 2.61. The Balaban J connectivity index is 1.92. The molecule has 3 heteroatoms. The number of aryl methyl sites for hydroxylation is 3. The van der Waals surface area contributed by atoms with Crippen molar-refractivity contribution in [1.29, 1.82) is 0 Å². The smallest absolute Gasteiger partial charge is 0.0827 e. The molecule has 0 saturated carbocycles. The lowest BCUT2D eigenvalue weighted by atomic mass is 10.1. The lowest BCUT2D eigenvalue weighted by Crippen LogP contribution is -2.01. The Morgan fingerprint density at radius 3 is 2.45 bits per heavy atom. The number of nitrogens with zero attached hydrogens (tertiary/aromatic N) is 3. The predicted octanol–water partition coefficient (Wildman–Crippen LogP) is 4.07. The summed E-state index contributed by atoms with van der Waals surface area (Å²) in [7, 11) is 0. The molecule has 20 heavy (non-hydrogen) atoms. The molecule has 1 aromatic carbocycles. The Morgan fingerprint density at radius 2 is 1.75 bits per heavy atom. The average Bonchev–Trinajstić information content (AvgIpc) is 2.81. The van der Waals surface area contributed by atoms with E-state index in [1.807, 2.05) is 4.68 Å². The van der Waals surface area contributed by atoms with Crippen LogP contribution in [0, 0.1) is 13.8 Å². The Morgan fingerprint density at radius 1 is 1.00 bits per heavy atom. The molecule has 0 unspecified atom stereocenters. The highest BCUT2D eigenvalue weighted by molar-refractivity contribution is 5.28. The van der Waals surface area contributed by atoms with Gasteiger partial charge in [0.25, 0.3) is 0 Å². The minimum Gasteiger partial charge on any atom is -0.248 e. The molecule has 0 atom stereocenters. The second-order valence-electron chi connectivity index (χ2n) is 5.71. The molecule has 0 radical (unpaired) electrons. The van der Waals surface area contributed by atoms with Crippen LogP contribution in [0.3, 0.4) is 0 Å². The van der Waals surface area contributed by atoms with Crippen LogP contribution in [0.4, 0.5) is 0 Å². The molecular formula is C17H25N3. The molecule has 0 spiro atoms. The van der Waals surface area contributed by atoms with Crippen molar-refractivity contribution in [2.45, 2.75) is 59.4 Å². The summed E-state index contributed by atoms with van der Waals surface area (Å²) >= 11 is 0. The molecule has 2 aromatic rings. The van der Waals surface area contributed by atoms with Crippen molar-refractivity contribution in [3.8, 4) is 0 Å². The van der Waals surface area contributed by atoms with Crippen LogP contribution in [-0.4, -0.2) is 15.0 Å². The maximum atomic E-state index is 4.27. The van der Waals surface area contributed by atoms with Gasteiger partial charge in [0.15, 0.2) is 0 Å². The summed E-state index contributed by atoms with van der Waals surface area (Å²) in [5, 5.41) is 8.50. The largest absolute Gasteiger partial charge is 0.248 e. The quantitative estimate of drug-likeness (QED) is 0.711.